The van der Waals surface area contributed by atoms with E-state index in [0.29, 0.717) is 26.4 Å². The fraction of sp³-hybridized carbons (Fsp3) is 1.00. The molecule has 0 aliphatic carbocycles. The maximum atomic E-state index is 9.60. The fourth-order valence-corrected chi connectivity index (χ4v) is 1.42. The molecule has 0 saturated carbocycles. The zero-order valence-electron chi connectivity index (χ0n) is 13.1. The summed E-state index contributed by atoms with van der Waals surface area (Å²) in [6.07, 6.45) is 3.85. The number of rotatable bonds is 16. The van der Waals surface area contributed by atoms with Gasteiger partial charge in [-0.2, -0.15) is 0 Å². The largest absolute Gasteiger partial charge is 0.388 e. The number of aliphatic hydroxyl groups is 1. The number of hydrogen-bond acceptors (Lipinski definition) is 5. The van der Waals surface area contributed by atoms with Crippen LogP contribution in [0.1, 0.15) is 39.5 Å². The molecule has 5 heteroatoms. The van der Waals surface area contributed by atoms with Crippen LogP contribution in [0.2, 0.25) is 0 Å². The molecular weight excluding hydrogens is 260 g/mol. The first-order valence-corrected chi connectivity index (χ1v) is 7.80. The van der Waals surface area contributed by atoms with Gasteiger partial charge in [-0.15, -0.1) is 0 Å². The summed E-state index contributed by atoms with van der Waals surface area (Å²) >= 11 is 0. The lowest BCUT2D eigenvalue weighted by Crippen LogP contribution is -2.24. The predicted molar refractivity (Wildman–Crippen MR) is 79.1 cm³/mol. The second-order valence-electron chi connectivity index (χ2n) is 4.74. The van der Waals surface area contributed by atoms with Crippen molar-refractivity contribution in [3.05, 3.63) is 0 Å². The molecule has 0 saturated heterocycles. The molecular formula is C15H32O5. The molecule has 0 amide bonds. The van der Waals surface area contributed by atoms with Gasteiger partial charge in [-0.25, -0.2) is 0 Å². The third-order valence-corrected chi connectivity index (χ3v) is 2.65. The summed E-state index contributed by atoms with van der Waals surface area (Å²) < 4.78 is 21.3. The molecule has 0 aromatic rings. The Bertz CT molecular complexity index is 160. The molecule has 0 radical (unpaired) electrons. The van der Waals surface area contributed by atoms with Gasteiger partial charge in [0.15, 0.2) is 0 Å². The summed E-state index contributed by atoms with van der Waals surface area (Å²) in [4.78, 5) is 0. The Hall–Kier alpha value is -0.200. The highest BCUT2D eigenvalue weighted by Crippen LogP contribution is 1.92. The zero-order chi connectivity index (χ0) is 14.9. The lowest BCUT2D eigenvalue weighted by molar-refractivity contribution is -0.0414. The smallest absolute Gasteiger partial charge is 0.101 e. The van der Waals surface area contributed by atoms with Crippen LogP contribution in [0.25, 0.3) is 0 Å². The van der Waals surface area contributed by atoms with E-state index in [9.17, 15) is 5.11 Å². The minimum absolute atomic E-state index is 0.286. The second-order valence-corrected chi connectivity index (χ2v) is 4.74. The summed E-state index contributed by atoms with van der Waals surface area (Å²) in [5.41, 5.74) is 0. The Morgan fingerprint density at radius 2 is 1.05 bits per heavy atom. The molecule has 122 valence electrons. The first-order valence-electron chi connectivity index (χ1n) is 7.80. The molecule has 1 N–H and O–H groups in total. The van der Waals surface area contributed by atoms with Crippen molar-refractivity contribution in [1.29, 1.82) is 0 Å². The second kappa shape index (κ2) is 16.9. The van der Waals surface area contributed by atoms with Crippen molar-refractivity contribution in [3.8, 4) is 0 Å². The average molecular weight is 292 g/mol. The van der Waals surface area contributed by atoms with Gasteiger partial charge in [0.05, 0.1) is 39.6 Å². The van der Waals surface area contributed by atoms with Gasteiger partial charge in [0, 0.05) is 13.2 Å². The van der Waals surface area contributed by atoms with Crippen molar-refractivity contribution >= 4 is 0 Å². The summed E-state index contributed by atoms with van der Waals surface area (Å²) in [7, 11) is 0. The molecule has 0 bridgehead atoms. The van der Waals surface area contributed by atoms with Crippen LogP contribution in [0.5, 0.6) is 0 Å². The maximum Gasteiger partial charge on any atom is 0.101 e. The van der Waals surface area contributed by atoms with Gasteiger partial charge in [0.2, 0.25) is 0 Å². The van der Waals surface area contributed by atoms with Gasteiger partial charge in [-0.1, -0.05) is 26.7 Å². The summed E-state index contributed by atoms with van der Waals surface area (Å²) in [6.45, 7) is 8.59. The predicted octanol–water partition coefficient (Wildman–Crippen LogP) is 2.01. The van der Waals surface area contributed by atoms with Crippen molar-refractivity contribution in [2.75, 3.05) is 52.9 Å². The van der Waals surface area contributed by atoms with E-state index in [-0.39, 0.29) is 13.2 Å². The van der Waals surface area contributed by atoms with Crippen LogP contribution in [-0.2, 0) is 18.9 Å². The van der Waals surface area contributed by atoms with E-state index in [2.05, 4.69) is 13.8 Å². The Kier molecular flexibility index (Phi) is 16.7. The van der Waals surface area contributed by atoms with Crippen molar-refractivity contribution in [2.45, 2.75) is 45.6 Å². The van der Waals surface area contributed by atoms with Gasteiger partial charge in [0.25, 0.3) is 0 Å². The minimum atomic E-state index is -0.582. The fourth-order valence-electron chi connectivity index (χ4n) is 1.42. The third-order valence-electron chi connectivity index (χ3n) is 2.65. The Labute approximate surface area is 123 Å². The molecule has 0 atom stereocenters. The maximum absolute atomic E-state index is 9.60. The molecule has 0 unspecified atom stereocenters. The van der Waals surface area contributed by atoms with Crippen LogP contribution < -0.4 is 0 Å². The third kappa shape index (κ3) is 15.9. The topological polar surface area (TPSA) is 57.2 Å². The van der Waals surface area contributed by atoms with Crippen LogP contribution in [-0.4, -0.2) is 64.1 Å². The number of ether oxygens (including phenoxy) is 4. The molecule has 0 aliphatic heterocycles. The van der Waals surface area contributed by atoms with Crippen molar-refractivity contribution in [3.63, 3.8) is 0 Å². The molecule has 5 nitrogen and oxygen atoms in total. The SMILES string of the molecule is CCCCOCCOCC(O)COCCOCCCC. The molecule has 0 rings (SSSR count). The molecule has 20 heavy (non-hydrogen) atoms. The minimum Gasteiger partial charge on any atom is -0.388 e. The van der Waals surface area contributed by atoms with Crippen molar-refractivity contribution < 1.29 is 24.1 Å². The average Bonchev–Trinajstić information content (AvgIpc) is 2.45. The molecule has 0 fully saturated rings. The number of hydrogen-bond donors (Lipinski definition) is 1. The highest BCUT2D eigenvalue weighted by atomic mass is 16.5. The quantitative estimate of drug-likeness (QED) is 0.441. The Morgan fingerprint density at radius 3 is 1.45 bits per heavy atom. The molecule has 0 spiro atoms. The van der Waals surface area contributed by atoms with Crippen LogP contribution in [0.3, 0.4) is 0 Å². The van der Waals surface area contributed by atoms with Gasteiger partial charge in [-0.3, -0.25) is 0 Å². The molecule has 0 aromatic heterocycles. The Balaban J connectivity index is 3.11. The van der Waals surface area contributed by atoms with Gasteiger partial charge >= 0.3 is 0 Å². The standard InChI is InChI=1S/C15H32O5/c1-3-5-7-17-9-11-19-13-15(16)14-20-12-10-18-8-6-4-2/h15-16H,3-14H2,1-2H3. The van der Waals surface area contributed by atoms with Gasteiger partial charge in [-0.05, 0) is 12.8 Å². The van der Waals surface area contributed by atoms with Crippen molar-refractivity contribution in [1.82, 2.24) is 0 Å². The van der Waals surface area contributed by atoms with Crippen LogP contribution >= 0.6 is 0 Å². The highest BCUT2D eigenvalue weighted by molar-refractivity contribution is 4.51. The molecule has 0 aromatic carbocycles. The summed E-state index contributed by atoms with van der Waals surface area (Å²) in [5.74, 6) is 0. The van der Waals surface area contributed by atoms with E-state index < -0.39 is 6.10 Å². The highest BCUT2D eigenvalue weighted by Gasteiger charge is 2.04. The lowest BCUT2D eigenvalue weighted by atomic mass is 10.4. The lowest BCUT2D eigenvalue weighted by Gasteiger charge is -2.12. The molecule has 0 aliphatic rings. The zero-order valence-corrected chi connectivity index (χ0v) is 13.1. The number of unbranched alkanes of at least 4 members (excludes halogenated alkanes) is 2. The number of aliphatic hydroxyl groups excluding tert-OH is 1. The van der Waals surface area contributed by atoms with E-state index in [1.54, 1.807) is 0 Å². The van der Waals surface area contributed by atoms with E-state index in [4.69, 9.17) is 18.9 Å². The van der Waals surface area contributed by atoms with E-state index >= 15 is 0 Å². The van der Waals surface area contributed by atoms with Crippen LogP contribution in [0.15, 0.2) is 0 Å². The normalized spacial score (nSPS) is 11.4. The van der Waals surface area contributed by atoms with Gasteiger partial charge in [0.1, 0.15) is 6.10 Å². The van der Waals surface area contributed by atoms with E-state index in [1.165, 1.54) is 0 Å². The van der Waals surface area contributed by atoms with Crippen LogP contribution in [0, 0.1) is 0 Å². The first kappa shape index (κ1) is 19.8. The Morgan fingerprint density at radius 1 is 0.650 bits per heavy atom. The molecule has 0 heterocycles. The van der Waals surface area contributed by atoms with E-state index in [1.807, 2.05) is 0 Å². The summed E-state index contributed by atoms with van der Waals surface area (Å²) in [6, 6.07) is 0. The monoisotopic (exact) mass is 292 g/mol. The summed E-state index contributed by atoms with van der Waals surface area (Å²) in [5, 5.41) is 9.60. The van der Waals surface area contributed by atoms with Gasteiger partial charge < -0.3 is 24.1 Å². The van der Waals surface area contributed by atoms with E-state index in [0.717, 1.165) is 38.9 Å². The van der Waals surface area contributed by atoms with Crippen LogP contribution in [0.4, 0.5) is 0 Å². The first-order chi connectivity index (χ1) is 9.81. The van der Waals surface area contributed by atoms with Crippen molar-refractivity contribution in [2.24, 2.45) is 0 Å².